The van der Waals surface area contributed by atoms with Crippen molar-refractivity contribution in [1.82, 2.24) is 5.32 Å². The van der Waals surface area contributed by atoms with Crippen LogP contribution in [0.5, 0.6) is 0 Å². The highest BCUT2D eigenvalue weighted by molar-refractivity contribution is 9.10. The number of hydrogen-bond acceptors (Lipinski definition) is 2. The lowest BCUT2D eigenvalue weighted by Crippen LogP contribution is -2.32. The van der Waals surface area contributed by atoms with Crippen LogP contribution in [0.1, 0.15) is 38.3 Å². The van der Waals surface area contributed by atoms with Crippen molar-refractivity contribution in [1.29, 1.82) is 0 Å². The number of hydrogen-bond donors (Lipinski definition) is 2. The van der Waals surface area contributed by atoms with Gasteiger partial charge in [0.15, 0.2) is 0 Å². The molecule has 0 fully saturated rings. The van der Waals surface area contributed by atoms with Crippen LogP contribution in [0.25, 0.3) is 0 Å². The second-order valence-corrected chi connectivity index (χ2v) is 5.87. The Hall–Kier alpha value is -0.0900. The van der Waals surface area contributed by atoms with E-state index in [4.69, 9.17) is 17.3 Å². The van der Waals surface area contributed by atoms with E-state index < -0.39 is 0 Å². The molecular weight excluding hydrogens is 312 g/mol. The molecule has 1 atom stereocenters. The first kappa shape index (κ1) is 16.0. The van der Waals surface area contributed by atoms with E-state index in [1.165, 1.54) is 12.8 Å². The van der Waals surface area contributed by atoms with Crippen LogP contribution in [-0.4, -0.2) is 13.1 Å². The van der Waals surface area contributed by atoms with Gasteiger partial charge in [-0.1, -0.05) is 54.2 Å². The highest BCUT2D eigenvalue weighted by Crippen LogP contribution is 2.26. The molecule has 18 heavy (non-hydrogen) atoms. The van der Waals surface area contributed by atoms with Gasteiger partial charge < -0.3 is 11.1 Å². The zero-order valence-corrected chi connectivity index (χ0v) is 13.4. The lowest BCUT2D eigenvalue weighted by molar-refractivity contribution is 0.414. The van der Waals surface area contributed by atoms with Crippen molar-refractivity contribution in [2.24, 2.45) is 11.7 Å². The first-order chi connectivity index (χ1) is 8.62. The molecule has 1 aromatic carbocycles. The SMILES string of the molecule is CCC(CC)CNC(CN)c1cc(Br)ccc1Cl. The van der Waals surface area contributed by atoms with E-state index in [-0.39, 0.29) is 6.04 Å². The van der Waals surface area contributed by atoms with Crippen LogP contribution >= 0.6 is 27.5 Å². The fourth-order valence-electron chi connectivity index (χ4n) is 1.99. The number of nitrogens with one attached hydrogen (secondary N) is 1. The largest absolute Gasteiger partial charge is 0.329 e. The highest BCUT2D eigenvalue weighted by atomic mass is 79.9. The molecule has 0 saturated heterocycles. The lowest BCUT2D eigenvalue weighted by Gasteiger charge is -2.22. The summed E-state index contributed by atoms with van der Waals surface area (Å²) in [6.45, 7) is 5.98. The van der Waals surface area contributed by atoms with Crippen molar-refractivity contribution in [3.63, 3.8) is 0 Å². The summed E-state index contributed by atoms with van der Waals surface area (Å²) in [6, 6.07) is 6.01. The fraction of sp³-hybridized carbons (Fsp3) is 0.571. The Morgan fingerprint density at radius 1 is 1.33 bits per heavy atom. The molecule has 0 bridgehead atoms. The molecule has 0 saturated carbocycles. The van der Waals surface area contributed by atoms with Gasteiger partial charge in [0.2, 0.25) is 0 Å². The van der Waals surface area contributed by atoms with Crippen molar-refractivity contribution < 1.29 is 0 Å². The second kappa shape index (κ2) is 8.16. The normalized spacial score (nSPS) is 13.0. The Bertz CT molecular complexity index is 367. The molecule has 0 spiro atoms. The summed E-state index contributed by atoms with van der Waals surface area (Å²) < 4.78 is 1.03. The molecule has 0 aliphatic heterocycles. The molecule has 0 heterocycles. The van der Waals surface area contributed by atoms with E-state index in [1.54, 1.807) is 0 Å². The predicted molar refractivity (Wildman–Crippen MR) is 83.0 cm³/mol. The van der Waals surface area contributed by atoms with Gasteiger partial charge in [0.05, 0.1) is 0 Å². The van der Waals surface area contributed by atoms with Crippen LogP contribution in [0.3, 0.4) is 0 Å². The molecule has 1 rings (SSSR count). The summed E-state index contributed by atoms with van der Waals surface area (Å²) in [5.41, 5.74) is 6.93. The molecule has 0 aromatic heterocycles. The Labute approximate surface area is 123 Å². The molecule has 0 radical (unpaired) electrons. The Morgan fingerprint density at radius 3 is 2.56 bits per heavy atom. The zero-order valence-electron chi connectivity index (χ0n) is 11.0. The second-order valence-electron chi connectivity index (χ2n) is 4.54. The van der Waals surface area contributed by atoms with Gasteiger partial charge in [0.1, 0.15) is 0 Å². The molecule has 3 N–H and O–H groups in total. The van der Waals surface area contributed by atoms with Crippen molar-refractivity contribution in [2.75, 3.05) is 13.1 Å². The van der Waals surface area contributed by atoms with E-state index in [1.807, 2.05) is 18.2 Å². The number of nitrogens with two attached hydrogens (primary N) is 1. The summed E-state index contributed by atoms with van der Waals surface area (Å²) in [6.07, 6.45) is 2.38. The smallest absolute Gasteiger partial charge is 0.0459 e. The highest BCUT2D eigenvalue weighted by Gasteiger charge is 2.14. The van der Waals surface area contributed by atoms with Crippen molar-refractivity contribution in [2.45, 2.75) is 32.7 Å². The predicted octanol–water partition coefficient (Wildman–Crippen LogP) is 4.13. The Morgan fingerprint density at radius 2 is 2.00 bits per heavy atom. The third kappa shape index (κ3) is 4.54. The zero-order chi connectivity index (χ0) is 13.5. The van der Waals surface area contributed by atoms with Gasteiger partial charge in [-0.15, -0.1) is 0 Å². The average Bonchev–Trinajstić information content (AvgIpc) is 2.38. The van der Waals surface area contributed by atoms with Gasteiger partial charge >= 0.3 is 0 Å². The average molecular weight is 334 g/mol. The summed E-state index contributed by atoms with van der Waals surface area (Å²) >= 11 is 9.71. The van der Waals surface area contributed by atoms with E-state index in [9.17, 15) is 0 Å². The molecule has 0 aliphatic carbocycles. The van der Waals surface area contributed by atoms with Gasteiger partial charge in [-0.05, 0) is 36.2 Å². The van der Waals surface area contributed by atoms with E-state index in [0.717, 1.165) is 21.6 Å². The van der Waals surface area contributed by atoms with Crippen LogP contribution in [0.15, 0.2) is 22.7 Å². The number of rotatable bonds is 7. The minimum absolute atomic E-state index is 0.121. The lowest BCUT2D eigenvalue weighted by atomic mass is 10.0. The van der Waals surface area contributed by atoms with Crippen LogP contribution < -0.4 is 11.1 Å². The van der Waals surface area contributed by atoms with Gasteiger partial charge in [-0.3, -0.25) is 0 Å². The summed E-state index contributed by atoms with van der Waals surface area (Å²) in [7, 11) is 0. The molecule has 0 aliphatic rings. The minimum Gasteiger partial charge on any atom is -0.329 e. The monoisotopic (exact) mass is 332 g/mol. The van der Waals surface area contributed by atoms with Crippen molar-refractivity contribution >= 4 is 27.5 Å². The van der Waals surface area contributed by atoms with Crippen LogP contribution in [0.2, 0.25) is 5.02 Å². The maximum atomic E-state index is 6.24. The molecule has 0 amide bonds. The molecule has 4 heteroatoms. The topological polar surface area (TPSA) is 38.0 Å². The molecule has 102 valence electrons. The number of halogens is 2. The first-order valence-electron chi connectivity index (χ1n) is 6.50. The van der Waals surface area contributed by atoms with Crippen molar-refractivity contribution in [3.8, 4) is 0 Å². The summed E-state index contributed by atoms with van der Waals surface area (Å²) in [4.78, 5) is 0. The van der Waals surface area contributed by atoms with Gasteiger partial charge in [0, 0.05) is 22.1 Å². The first-order valence-corrected chi connectivity index (χ1v) is 7.67. The third-order valence-corrected chi connectivity index (χ3v) is 4.21. The van der Waals surface area contributed by atoms with E-state index in [0.29, 0.717) is 12.5 Å². The van der Waals surface area contributed by atoms with Crippen molar-refractivity contribution in [3.05, 3.63) is 33.3 Å². The summed E-state index contributed by atoms with van der Waals surface area (Å²) in [5.74, 6) is 0.699. The fourth-order valence-corrected chi connectivity index (χ4v) is 2.62. The standard InChI is InChI=1S/C14H22BrClN2/c1-3-10(4-2)9-18-14(8-17)12-7-11(15)5-6-13(12)16/h5-7,10,14,18H,3-4,8-9,17H2,1-2H3. The van der Waals surface area contributed by atoms with E-state index >= 15 is 0 Å². The van der Waals surface area contributed by atoms with Crippen LogP contribution in [-0.2, 0) is 0 Å². The molecule has 2 nitrogen and oxygen atoms in total. The third-order valence-electron chi connectivity index (χ3n) is 3.38. The van der Waals surface area contributed by atoms with E-state index in [2.05, 4.69) is 35.1 Å². The van der Waals surface area contributed by atoms with Crippen LogP contribution in [0, 0.1) is 5.92 Å². The molecule has 1 aromatic rings. The quantitative estimate of drug-likeness (QED) is 0.787. The molecule has 1 unspecified atom stereocenters. The minimum atomic E-state index is 0.121. The van der Waals surface area contributed by atoms with Gasteiger partial charge in [0.25, 0.3) is 0 Å². The molecular formula is C14H22BrClN2. The number of benzene rings is 1. The van der Waals surface area contributed by atoms with Crippen LogP contribution in [0.4, 0.5) is 0 Å². The maximum Gasteiger partial charge on any atom is 0.0459 e. The Kier molecular flexibility index (Phi) is 7.23. The Balaban J connectivity index is 2.73. The van der Waals surface area contributed by atoms with Gasteiger partial charge in [-0.2, -0.15) is 0 Å². The maximum absolute atomic E-state index is 6.24. The summed E-state index contributed by atoms with van der Waals surface area (Å²) in [5, 5.41) is 4.29. The van der Waals surface area contributed by atoms with Gasteiger partial charge in [-0.25, -0.2) is 0 Å².